The van der Waals surface area contributed by atoms with Gasteiger partial charge in [-0.1, -0.05) is 0 Å². The predicted octanol–water partition coefficient (Wildman–Crippen LogP) is 0.479. The van der Waals surface area contributed by atoms with Crippen LogP contribution in [-0.2, 0) is 22.4 Å². The molecule has 12 nitrogen and oxygen atoms in total. The van der Waals surface area contributed by atoms with E-state index in [-0.39, 0.29) is 24.6 Å². The monoisotopic (exact) mass is 445 g/mol. The van der Waals surface area contributed by atoms with Crippen LogP contribution in [-0.4, -0.2) is 54.0 Å². The number of thiophene rings is 1. The third kappa shape index (κ3) is 5.60. The highest BCUT2D eigenvalue weighted by Crippen LogP contribution is 2.20. The molecule has 1 atom stereocenters. The first-order valence-electron chi connectivity index (χ1n) is 9.11. The molecular formula is C18H19N7O5S. The lowest BCUT2D eigenvalue weighted by Crippen LogP contribution is -2.40. The summed E-state index contributed by atoms with van der Waals surface area (Å²) in [4.78, 5) is 51.9. The van der Waals surface area contributed by atoms with Crippen molar-refractivity contribution in [2.75, 3.05) is 11.5 Å². The van der Waals surface area contributed by atoms with Gasteiger partial charge in [0.25, 0.3) is 5.91 Å². The summed E-state index contributed by atoms with van der Waals surface area (Å²) in [6.07, 6.45) is 2.09. The number of amides is 1. The van der Waals surface area contributed by atoms with Crippen molar-refractivity contribution in [3.63, 3.8) is 0 Å². The number of carboxylic acid groups (broad SMARTS) is 2. The van der Waals surface area contributed by atoms with Crippen molar-refractivity contribution in [1.29, 1.82) is 0 Å². The average Bonchev–Trinajstić information content (AvgIpc) is 3.18. The van der Waals surface area contributed by atoms with Gasteiger partial charge in [-0.25, -0.2) is 14.8 Å². The van der Waals surface area contributed by atoms with Crippen LogP contribution in [0.3, 0.4) is 0 Å². The quantitative estimate of drug-likeness (QED) is 0.306. The Balaban J connectivity index is 1.63. The Bertz CT molecular complexity index is 1150. The first-order chi connectivity index (χ1) is 14.7. The summed E-state index contributed by atoms with van der Waals surface area (Å²) >= 11 is 1.21. The highest BCUT2D eigenvalue weighted by atomic mass is 32.1. The number of carbonyl (C=O) groups is 3. The fraction of sp³-hybridized carbons (Fsp3) is 0.278. The molecule has 3 rings (SSSR count). The van der Waals surface area contributed by atoms with Gasteiger partial charge in [0.2, 0.25) is 5.95 Å². The van der Waals surface area contributed by atoms with E-state index < -0.39 is 23.9 Å². The van der Waals surface area contributed by atoms with Gasteiger partial charge in [-0.15, -0.1) is 11.3 Å². The summed E-state index contributed by atoms with van der Waals surface area (Å²) in [7, 11) is 0. The van der Waals surface area contributed by atoms with Gasteiger partial charge in [-0.2, -0.15) is 9.97 Å². The maximum absolute atomic E-state index is 12.3. The van der Waals surface area contributed by atoms with Crippen LogP contribution in [0.2, 0.25) is 0 Å². The molecular weight excluding hydrogens is 426 g/mol. The minimum atomic E-state index is -1.29. The normalized spacial score (nSPS) is 11.9. The Morgan fingerprint density at radius 3 is 2.58 bits per heavy atom. The number of carboxylic acids is 2. The molecule has 31 heavy (non-hydrogen) atoms. The number of carbonyl (C=O) groups excluding carboxylic acids is 1. The zero-order valence-electron chi connectivity index (χ0n) is 16.1. The molecule has 3 aromatic rings. The van der Waals surface area contributed by atoms with Crippen LogP contribution < -0.4 is 16.8 Å². The van der Waals surface area contributed by atoms with E-state index >= 15 is 0 Å². The molecule has 0 aromatic carbocycles. The number of nitrogens with two attached hydrogens (primary N) is 2. The summed E-state index contributed by atoms with van der Waals surface area (Å²) in [5.41, 5.74) is 12.7. The maximum atomic E-state index is 12.3. The highest BCUT2D eigenvalue weighted by molar-refractivity contribution is 7.14. The highest BCUT2D eigenvalue weighted by Gasteiger charge is 2.22. The van der Waals surface area contributed by atoms with Gasteiger partial charge in [-0.05, 0) is 31.4 Å². The molecule has 13 heteroatoms. The van der Waals surface area contributed by atoms with Crippen LogP contribution in [0.4, 0.5) is 11.8 Å². The molecule has 0 aliphatic carbocycles. The molecule has 3 heterocycles. The van der Waals surface area contributed by atoms with Crippen molar-refractivity contribution < 1.29 is 24.6 Å². The molecule has 0 fully saturated rings. The lowest BCUT2D eigenvalue weighted by atomic mass is 10.1. The molecule has 0 radical (unpaired) electrons. The Morgan fingerprint density at radius 2 is 1.87 bits per heavy atom. The minimum Gasteiger partial charge on any atom is -0.481 e. The van der Waals surface area contributed by atoms with Gasteiger partial charge in [0.05, 0.1) is 16.8 Å². The van der Waals surface area contributed by atoms with Gasteiger partial charge in [0.1, 0.15) is 6.04 Å². The zero-order chi connectivity index (χ0) is 22.5. The third-order valence-corrected chi connectivity index (χ3v) is 5.41. The van der Waals surface area contributed by atoms with E-state index in [4.69, 9.17) is 21.7 Å². The van der Waals surface area contributed by atoms with Crippen molar-refractivity contribution in [3.8, 4) is 0 Å². The Hall–Kier alpha value is -3.87. The molecule has 3 aromatic heterocycles. The summed E-state index contributed by atoms with van der Waals surface area (Å²) in [5.74, 6) is -2.83. The smallest absolute Gasteiger partial charge is 0.326 e. The molecule has 0 saturated heterocycles. The van der Waals surface area contributed by atoms with Crippen LogP contribution in [0.25, 0.3) is 11.2 Å². The van der Waals surface area contributed by atoms with Crippen LogP contribution >= 0.6 is 11.3 Å². The number of hydrogen-bond acceptors (Lipinski definition) is 10. The first kappa shape index (κ1) is 21.8. The predicted molar refractivity (Wildman–Crippen MR) is 111 cm³/mol. The first-order valence-corrected chi connectivity index (χ1v) is 9.93. The van der Waals surface area contributed by atoms with Crippen molar-refractivity contribution in [3.05, 3.63) is 33.8 Å². The second kappa shape index (κ2) is 9.30. The van der Waals surface area contributed by atoms with Crippen LogP contribution in [0, 0.1) is 0 Å². The van der Waals surface area contributed by atoms with E-state index in [9.17, 15) is 14.4 Å². The van der Waals surface area contributed by atoms with E-state index in [0.717, 1.165) is 4.88 Å². The van der Waals surface area contributed by atoms with Crippen LogP contribution in [0.1, 0.15) is 33.1 Å². The number of hydrogen-bond donors (Lipinski definition) is 5. The van der Waals surface area contributed by atoms with E-state index in [1.165, 1.54) is 11.3 Å². The Labute approximate surface area is 179 Å². The van der Waals surface area contributed by atoms with Crippen LogP contribution in [0.15, 0.2) is 18.3 Å². The third-order valence-electron chi connectivity index (χ3n) is 4.26. The van der Waals surface area contributed by atoms with E-state index in [0.29, 0.717) is 34.6 Å². The number of rotatable bonds is 9. The van der Waals surface area contributed by atoms with Crippen molar-refractivity contribution in [2.24, 2.45) is 0 Å². The number of nitrogens with zero attached hydrogens (tertiary/aromatic N) is 4. The van der Waals surface area contributed by atoms with Gasteiger partial charge in [0, 0.05) is 11.3 Å². The molecule has 1 amide bonds. The second-order valence-corrected chi connectivity index (χ2v) is 7.73. The van der Waals surface area contributed by atoms with E-state index in [1.54, 1.807) is 18.3 Å². The lowest BCUT2D eigenvalue weighted by Gasteiger charge is -2.12. The fourth-order valence-corrected chi connectivity index (χ4v) is 3.65. The van der Waals surface area contributed by atoms with Crippen molar-refractivity contribution in [1.82, 2.24) is 25.3 Å². The molecule has 0 spiro atoms. The Kier molecular flexibility index (Phi) is 6.55. The number of aromatic nitrogens is 4. The molecule has 162 valence electrons. The van der Waals surface area contributed by atoms with Crippen molar-refractivity contribution >= 4 is 52.1 Å². The summed E-state index contributed by atoms with van der Waals surface area (Å²) in [6, 6.07) is 2.08. The number of nitrogen functional groups attached to an aromatic ring is 2. The SMILES string of the molecule is Nc1nc(N)c2nc(CCc3ccc(C(=O)N[C@@H](CCC(=O)O)C(=O)O)s3)cnc2n1. The molecule has 0 saturated carbocycles. The fourth-order valence-electron chi connectivity index (χ4n) is 2.74. The van der Waals surface area contributed by atoms with Gasteiger partial charge in [0.15, 0.2) is 17.0 Å². The number of aryl methyl sites for hydroxylation is 2. The minimum absolute atomic E-state index is 0.0181. The maximum Gasteiger partial charge on any atom is 0.326 e. The molecule has 7 N–H and O–H groups in total. The van der Waals surface area contributed by atoms with Crippen molar-refractivity contribution in [2.45, 2.75) is 31.7 Å². The summed E-state index contributed by atoms with van der Waals surface area (Å²) in [5, 5.41) is 20.2. The largest absolute Gasteiger partial charge is 0.481 e. The molecule has 0 bridgehead atoms. The second-order valence-electron chi connectivity index (χ2n) is 6.56. The molecule has 0 aliphatic heterocycles. The topological polar surface area (TPSA) is 207 Å². The van der Waals surface area contributed by atoms with Crippen LogP contribution in [0.5, 0.6) is 0 Å². The number of aliphatic carboxylic acids is 2. The molecule has 0 aliphatic rings. The number of fused-ring (bicyclic) bond motifs is 1. The summed E-state index contributed by atoms with van der Waals surface area (Å²) < 4.78 is 0. The van der Waals surface area contributed by atoms with Gasteiger partial charge < -0.3 is 27.0 Å². The summed E-state index contributed by atoms with van der Waals surface area (Å²) in [6.45, 7) is 0. The lowest BCUT2D eigenvalue weighted by molar-refractivity contribution is -0.140. The van der Waals surface area contributed by atoms with E-state index in [1.807, 2.05) is 0 Å². The van der Waals surface area contributed by atoms with Gasteiger partial charge in [-0.3, -0.25) is 9.59 Å². The average molecular weight is 445 g/mol. The van der Waals surface area contributed by atoms with E-state index in [2.05, 4.69) is 25.3 Å². The van der Waals surface area contributed by atoms with Gasteiger partial charge >= 0.3 is 11.9 Å². The Morgan fingerprint density at radius 1 is 1.10 bits per heavy atom. The number of anilines is 2. The standard InChI is InChI=1S/C18H19N7O5S/c19-14-13-15(25-18(20)24-14)21-7-8(22-13)1-2-9-3-5-11(31-9)16(28)23-10(17(29)30)4-6-12(26)27/h3,5,7,10H,1-2,4,6H2,(H,23,28)(H,26,27)(H,29,30)(H4,19,20,21,24,25)/t10-/m0/s1. The molecule has 0 unspecified atom stereocenters. The zero-order valence-corrected chi connectivity index (χ0v) is 16.9. The number of nitrogens with one attached hydrogen (secondary N) is 1.